The maximum atomic E-state index is 12.3. The summed E-state index contributed by atoms with van der Waals surface area (Å²) in [5.74, 6) is -0.0948. The van der Waals surface area contributed by atoms with Crippen molar-refractivity contribution in [3.05, 3.63) is 42.0 Å². The molecule has 0 saturated carbocycles. The summed E-state index contributed by atoms with van der Waals surface area (Å²) in [5.41, 5.74) is 1.56. The largest absolute Gasteiger partial charge is 0.340 e. The highest BCUT2D eigenvalue weighted by Crippen LogP contribution is 2.11. The predicted molar refractivity (Wildman–Crippen MR) is 76.8 cm³/mol. The Morgan fingerprint density at radius 2 is 2.19 bits per heavy atom. The zero-order valence-electron chi connectivity index (χ0n) is 11.9. The van der Waals surface area contributed by atoms with Gasteiger partial charge in [0.05, 0.1) is 12.2 Å². The van der Waals surface area contributed by atoms with E-state index in [9.17, 15) is 4.79 Å². The lowest BCUT2D eigenvalue weighted by Gasteiger charge is -2.26. The summed E-state index contributed by atoms with van der Waals surface area (Å²) in [6, 6.07) is 4.23. The van der Waals surface area contributed by atoms with Gasteiger partial charge in [0.2, 0.25) is 0 Å². The van der Waals surface area contributed by atoms with Gasteiger partial charge in [0.15, 0.2) is 5.69 Å². The summed E-state index contributed by atoms with van der Waals surface area (Å²) in [7, 11) is 1.79. The molecule has 1 aliphatic heterocycles. The number of hydrogen-bond donors (Lipinski definition) is 1. The monoisotopic (exact) mass is 286 g/mol. The van der Waals surface area contributed by atoms with Crippen LogP contribution in [0, 0.1) is 0 Å². The van der Waals surface area contributed by atoms with E-state index in [2.05, 4.69) is 20.6 Å². The molecule has 0 bridgehead atoms. The first-order valence-electron chi connectivity index (χ1n) is 7.01. The van der Waals surface area contributed by atoms with Crippen LogP contribution in [-0.2, 0) is 6.42 Å². The number of carbonyl (C=O) groups excluding carboxylic acids is 1. The van der Waals surface area contributed by atoms with E-state index in [1.54, 1.807) is 35.2 Å². The third-order valence-electron chi connectivity index (χ3n) is 3.70. The first kappa shape index (κ1) is 13.7. The van der Waals surface area contributed by atoms with Gasteiger partial charge >= 0.3 is 0 Å². The molecule has 0 radical (unpaired) electrons. The summed E-state index contributed by atoms with van der Waals surface area (Å²) in [5, 5.41) is 11.2. The fourth-order valence-electron chi connectivity index (χ4n) is 2.16. The average molecular weight is 286 g/mol. The number of hydrogen-bond acceptors (Lipinski definition) is 5. The standard InChI is InChI=1S/C14H18N6O/c1-19(7-4-11-2-5-15-6-3-11)14(21)13-10-20(18-17-13)12-8-16-9-12/h2-3,5-6,10,12,16H,4,7-9H2,1H3. The molecule has 21 heavy (non-hydrogen) atoms. The van der Waals surface area contributed by atoms with Gasteiger partial charge in [0.1, 0.15) is 0 Å². The van der Waals surface area contributed by atoms with Crippen LogP contribution in [0.2, 0.25) is 0 Å². The topological polar surface area (TPSA) is 75.9 Å². The Balaban J connectivity index is 1.57. The fraction of sp³-hybridized carbons (Fsp3) is 0.429. The molecule has 0 unspecified atom stereocenters. The van der Waals surface area contributed by atoms with Gasteiger partial charge in [-0.2, -0.15) is 0 Å². The van der Waals surface area contributed by atoms with Crippen molar-refractivity contribution in [1.82, 2.24) is 30.2 Å². The summed E-state index contributed by atoms with van der Waals surface area (Å²) >= 11 is 0. The molecular formula is C14H18N6O. The van der Waals surface area contributed by atoms with Crippen molar-refractivity contribution in [1.29, 1.82) is 0 Å². The van der Waals surface area contributed by atoms with E-state index in [4.69, 9.17) is 0 Å². The Morgan fingerprint density at radius 1 is 1.43 bits per heavy atom. The molecule has 3 rings (SSSR count). The third-order valence-corrected chi connectivity index (χ3v) is 3.70. The van der Waals surface area contributed by atoms with Crippen LogP contribution in [0.3, 0.4) is 0 Å². The molecule has 2 aromatic rings. The molecule has 0 aliphatic carbocycles. The van der Waals surface area contributed by atoms with Crippen molar-refractivity contribution < 1.29 is 4.79 Å². The lowest BCUT2D eigenvalue weighted by atomic mass is 10.2. The fourth-order valence-corrected chi connectivity index (χ4v) is 2.16. The predicted octanol–water partition coefficient (Wildman–Crippen LogP) is 0.132. The van der Waals surface area contributed by atoms with Gasteiger partial charge < -0.3 is 10.2 Å². The summed E-state index contributed by atoms with van der Waals surface area (Å²) in [6.45, 7) is 2.41. The van der Waals surface area contributed by atoms with E-state index in [0.717, 1.165) is 25.1 Å². The smallest absolute Gasteiger partial charge is 0.275 e. The van der Waals surface area contributed by atoms with Crippen LogP contribution < -0.4 is 5.32 Å². The Hall–Kier alpha value is -2.28. The number of rotatable bonds is 5. The van der Waals surface area contributed by atoms with Crippen molar-refractivity contribution in [3.8, 4) is 0 Å². The molecule has 3 heterocycles. The molecule has 1 fully saturated rings. The molecule has 1 aliphatic rings. The average Bonchev–Trinajstić information content (AvgIpc) is 2.92. The molecule has 1 N–H and O–H groups in total. The molecule has 1 amide bonds. The van der Waals surface area contributed by atoms with Crippen LogP contribution in [0.25, 0.3) is 0 Å². The van der Waals surface area contributed by atoms with Crippen LogP contribution in [-0.4, -0.2) is 57.5 Å². The van der Waals surface area contributed by atoms with Gasteiger partial charge in [-0.1, -0.05) is 5.21 Å². The minimum absolute atomic E-state index is 0.0948. The van der Waals surface area contributed by atoms with Crippen molar-refractivity contribution in [3.63, 3.8) is 0 Å². The van der Waals surface area contributed by atoms with Gasteiger partial charge in [-0.05, 0) is 24.1 Å². The van der Waals surface area contributed by atoms with E-state index >= 15 is 0 Å². The Bertz CT molecular complexity index is 607. The number of nitrogens with one attached hydrogen (secondary N) is 1. The number of carbonyl (C=O) groups is 1. The van der Waals surface area contributed by atoms with Gasteiger partial charge in [-0.15, -0.1) is 5.10 Å². The summed E-state index contributed by atoms with van der Waals surface area (Å²) < 4.78 is 1.76. The lowest BCUT2D eigenvalue weighted by Crippen LogP contribution is -2.43. The van der Waals surface area contributed by atoms with E-state index < -0.39 is 0 Å². The minimum atomic E-state index is -0.0948. The van der Waals surface area contributed by atoms with Crippen LogP contribution in [0.5, 0.6) is 0 Å². The number of pyridine rings is 1. The van der Waals surface area contributed by atoms with Crippen molar-refractivity contribution in [2.24, 2.45) is 0 Å². The van der Waals surface area contributed by atoms with Crippen molar-refractivity contribution in [2.75, 3.05) is 26.7 Å². The minimum Gasteiger partial charge on any atom is -0.340 e. The quantitative estimate of drug-likeness (QED) is 0.845. The maximum absolute atomic E-state index is 12.3. The second-order valence-electron chi connectivity index (χ2n) is 5.23. The molecular weight excluding hydrogens is 268 g/mol. The van der Waals surface area contributed by atoms with Crippen LogP contribution in [0.4, 0.5) is 0 Å². The second kappa shape index (κ2) is 6.01. The number of aromatic nitrogens is 4. The lowest BCUT2D eigenvalue weighted by molar-refractivity contribution is 0.0790. The molecule has 7 nitrogen and oxygen atoms in total. The number of likely N-dealkylation sites (N-methyl/N-ethyl adjacent to an activating group) is 1. The van der Waals surface area contributed by atoms with E-state index in [0.29, 0.717) is 18.3 Å². The Kier molecular flexibility index (Phi) is 3.92. The normalized spacial score (nSPS) is 14.7. The molecule has 0 aromatic carbocycles. The van der Waals surface area contributed by atoms with Crippen LogP contribution in [0.1, 0.15) is 22.1 Å². The maximum Gasteiger partial charge on any atom is 0.275 e. The molecule has 110 valence electrons. The number of amides is 1. The highest BCUT2D eigenvalue weighted by Gasteiger charge is 2.22. The zero-order chi connectivity index (χ0) is 14.7. The first-order valence-corrected chi connectivity index (χ1v) is 7.01. The first-order chi connectivity index (χ1) is 10.2. The number of nitrogens with zero attached hydrogens (tertiary/aromatic N) is 5. The molecule has 0 atom stereocenters. The third kappa shape index (κ3) is 3.08. The van der Waals surface area contributed by atoms with Crippen LogP contribution in [0.15, 0.2) is 30.7 Å². The van der Waals surface area contributed by atoms with Crippen LogP contribution >= 0.6 is 0 Å². The van der Waals surface area contributed by atoms with Gasteiger partial charge in [-0.3, -0.25) is 9.78 Å². The molecule has 7 heteroatoms. The van der Waals surface area contributed by atoms with Crippen molar-refractivity contribution in [2.45, 2.75) is 12.5 Å². The molecule has 1 saturated heterocycles. The highest BCUT2D eigenvalue weighted by molar-refractivity contribution is 5.91. The summed E-state index contributed by atoms with van der Waals surface area (Å²) in [6.07, 6.45) is 6.05. The summed E-state index contributed by atoms with van der Waals surface area (Å²) in [4.78, 5) is 17.9. The second-order valence-corrected chi connectivity index (χ2v) is 5.23. The Labute approximate surface area is 123 Å². The van der Waals surface area contributed by atoms with E-state index in [-0.39, 0.29) is 5.91 Å². The molecule has 2 aromatic heterocycles. The van der Waals surface area contributed by atoms with Gasteiger partial charge in [-0.25, -0.2) is 4.68 Å². The zero-order valence-corrected chi connectivity index (χ0v) is 11.9. The van der Waals surface area contributed by atoms with Gasteiger partial charge in [0.25, 0.3) is 5.91 Å². The van der Waals surface area contributed by atoms with E-state index in [1.807, 2.05) is 12.1 Å². The highest BCUT2D eigenvalue weighted by atomic mass is 16.2. The van der Waals surface area contributed by atoms with Gasteiger partial charge in [0, 0.05) is 39.1 Å². The Morgan fingerprint density at radius 3 is 2.86 bits per heavy atom. The molecule has 0 spiro atoms. The van der Waals surface area contributed by atoms with Crippen molar-refractivity contribution >= 4 is 5.91 Å². The SMILES string of the molecule is CN(CCc1ccncc1)C(=O)c1cn(C2CNC2)nn1. The van der Waals surface area contributed by atoms with E-state index in [1.165, 1.54) is 0 Å².